The van der Waals surface area contributed by atoms with E-state index in [1.165, 1.54) is 16.4 Å². The average molecular weight is 274 g/mol. The second-order valence-electron chi connectivity index (χ2n) is 3.97. The lowest BCUT2D eigenvalue weighted by Gasteiger charge is -2.20. The molecule has 0 aliphatic rings. The van der Waals surface area contributed by atoms with Gasteiger partial charge in [-0.2, -0.15) is 4.31 Å². The first-order chi connectivity index (χ1) is 8.47. The summed E-state index contributed by atoms with van der Waals surface area (Å²) in [6.07, 6.45) is 0.686. The van der Waals surface area contributed by atoms with Gasteiger partial charge in [0.2, 0.25) is 10.0 Å². The van der Waals surface area contributed by atoms with Crippen molar-refractivity contribution in [3.05, 3.63) is 29.6 Å². The van der Waals surface area contributed by atoms with Crippen molar-refractivity contribution >= 4 is 10.0 Å². The van der Waals surface area contributed by atoms with E-state index in [0.29, 0.717) is 25.1 Å². The third-order valence-electron chi connectivity index (χ3n) is 2.67. The van der Waals surface area contributed by atoms with Crippen molar-refractivity contribution in [3.8, 4) is 0 Å². The molecular weight excluding hydrogens is 255 g/mol. The van der Waals surface area contributed by atoms with E-state index >= 15 is 0 Å². The van der Waals surface area contributed by atoms with Crippen LogP contribution >= 0.6 is 0 Å². The fourth-order valence-electron chi connectivity index (χ4n) is 1.71. The highest BCUT2D eigenvalue weighted by Gasteiger charge is 2.25. The molecule has 0 fully saturated rings. The van der Waals surface area contributed by atoms with Gasteiger partial charge >= 0.3 is 0 Å². The van der Waals surface area contributed by atoms with Crippen molar-refractivity contribution in [1.82, 2.24) is 4.31 Å². The summed E-state index contributed by atoms with van der Waals surface area (Å²) >= 11 is 0. The minimum absolute atomic E-state index is 0.183. The lowest BCUT2D eigenvalue weighted by atomic mass is 10.2. The monoisotopic (exact) mass is 274 g/mol. The van der Waals surface area contributed by atoms with E-state index in [1.807, 2.05) is 6.92 Å². The number of benzene rings is 1. The van der Waals surface area contributed by atoms with Crippen LogP contribution in [0.1, 0.15) is 25.8 Å². The zero-order valence-corrected chi connectivity index (χ0v) is 11.5. The highest BCUT2D eigenvalue weighted by Crippen LogP contribution is 2.20. The van der Waals surface area contributed by atoms with Gasteiger partial charge in [-0.15, -0.1) is 0 Å². The minimum Gasteiger partial charge on any atom is -0.326 e. The van der Waals surface area contributed by atoms with Crippen LogP contribution < -0.4 is 5.73 Å². The van der Waals surface area contributed by atoms with Gasteiger partial charge in [0.05, 0.1) is 0 Å². The van der Waals surface area contributed by atoms with Gasteiger partial charge in [-0.1, -0.05) is 19.9 Å². The summed E-state index contributed by atoms with van der Waals surface area (Å²) in [6.45, 7) is 4.50. The van der Waals surface area contributed by atoms with Crippen LogP contribution in [0.25, 0.3) is 0 Å². The summed E-state index contributed by atoms with van der Waals surface area (Å²) in [5.41, 5.74) is 6.05. The van der Waals surface area contributed by atoms with E-state index in [4.69, 9.17) is 5.73 Å². The first-order valence-corrected chi connectivity index (χ1v) is 7.40. The summed E-state index contributed by atoms with van der Waals surface area (Å²) in [6, 6.07) is 3.95. The van der Waals surface area contributed by atoms with Crippen LogP contribution in [0.5, 0.6) is 0 Å². The molecule has 0 radical (unpaired) electrons. The number of halogens is 1. The molecule has 1 aromatic carbocycles. The number of sulfonamides is 1. The number of rotatable bonds is 6. The number of hydrogen-bond donors (Lipinski definition) is 1. The number of hydrogen-bond acceptors (Lipinski definition) is 3. The van der Waals surface area contributed by atoms with Crippen LogP contribution in [0.15, 0.2) is 23.1 Å². The van der Waals surface area contributed by atoms with Crippen LogP contribution in [-0.4, -0.2) is 25.8 Å². The van der Waals surface area contributed by atoms with Crippen LogP contribution in [0.3, 0.4) is 0 Å². The molecule has 18 heavy (non-hydrogen) atoms. The SMILES string of the molecule is CCCN(CC)S(=O)(=O)c1cc(CN)ccc1F. The Kier molecular flexibility index (Phi) is 5.25. The quantitative estimate of drug-likeness (QED) is 0.859. The Balaban J connectivity index is 3.26. The molecule has 0 heterocycles. The number of nitrogens with zero attached hydrogens (tertiary/aromatic N) is 1. The Labute approximate surface area is 108 Å². The van der Waals surface area contributed by atoms with Crippen LogP contribution in [0.2, 0.25) is 0 Å². The maximum absolute atomic E-state index is 13.7. The van der Waals surface area contributed by atoms with Gasteiger partial charge in [-0.3, -0.25) is 0 Å². The molecule has 4 nitrogen and oxygen atoms in total. The molecule has 2 N–H and O–H groups in total. The molecule has 1 rings (SSSR count). The van der Waals surface area contributed by atoms with E-state index in [1.54, 1.807) is 6.92 Å². The van der Waals surface area contributed by atoms with E-state index in [9.17, 15) is 12.8 Å². The molecule has 102 valence electrons. The van der Waals surface area contributed by atoms with Crippen molar-refractivity contribution in [1.29, 1.82) is 0 Å². The fraction of sp³-hybridized carbons (Fsp3) is 0.500. The van der Waals surface area contributed by atoms with E-state index in [2.05, 4.69) is 0 Å². The van der Waals surface area contributed by atoms with Gasteiger partial charge < -0.3 is 5.73 Å². The molecule has 0 unspecified atom stereocenters. The number of nitrogens with two attached hydrogens (primary N) is 1. The van der Waals surface area contributed by atoms with E-state index in [-0.39, 0.29) is 11.4 Å². The molecule has 0 spiro atoms. The Hall–Kier alpha value is -0.980. The van der Waals surface area contributed by atoms with Gasteiger partial charge in [0.1, 0.15) is 10.7 Å². The summed E-state index contributed by atoms with van der Waals surface area (Å²) in [4.78, 5) is -0.291. The summed E-state index contributed by atoms with van der Waals surface area (Å²) in [5.74, 6) is -0.734. The molecule has 0 saturated heterocycles. The van der Waals surface area contributed by atoms with Crippen molar-refractivity contribution in [2.75, 3.05) is 13.1 Å². The molecule has 0 saturated carbocycles. The molecule has 1 aromatic rings. The van der Waals surface area contributed by atoms with Gasteiger partial charge in [-0.25, -0.2) is 12.8 Å². The van der Waals surface area contributed by atoms with Crippen LogP contribution in [-0.2, 0) is 16.6 Å². The largest absolute Gasteiger partial charge is 0.326 e. The zero-order chi connectivity index (χ0) is 13.8. The summed E-state index contributed by atoms with van der Waals surface area (Å²) in [7, 11) is -3.77. The third-order valence-corrected chi connectivity index (χ3v) is 4.66. The fourth-order valence-corrected chi connectivity index (χ4v) is 3.36. The van der Waals surface area contributed by atoms with Gasteiger partial charge in [0.15, 0.2) is 0 Å². The standard InChI is InChI=1S/C12H19FN2O2S/c1-3-7-15(4-2)18(16,17)12-8-10(9-14)5-6-11(12)13/h5-6,8H,3-4,7,9,14H2,1-2H3. The molecule has 6 heteroatoms. The average Bonchev–Trinajstić information content (AvgIpc) is 2.36. The summed E-state index contributed by atoms with van der Waals surface area (Å²) in [5, 5.41) is 0. The molecule has 0 aromatic heterocycles. The maximum Gasteiger partial charge on any atom is 0.245 e. The van der Waals surface area contributed by atoms with Gasteiger partial charge in [-0.05, 0) is 24.1 Å². The van der Waals surface area contributed by atoms with Gasteiger partial charge in [0.25, 0.3) is 0 Å². The van der Waals surface area contributed by atoms with E-state index in [0.717, 1.165) is 6.07 Å². The molecule has 0 bridgehead atoms. The highest BCUT2D eigenvalue weighted by molar-refractivity contribution is 7.89. The Morgan fingerprint density at radius 2 is 2.00 bits per heavy atom. The normalized spacial score (nSPS) is 12.1. The maximum atomic E-state index is 13.7. The lowest BCUT2D eigenvalue weighted by molar-refractivity contribution is 0.423. The van der Waals surface area contributed by atoms with Crippen LogP contribution in [0, 0.1) is 5.82 Å². The van der Waals surface area contributed by atoms with Crippen molar-refractivity contribution in [3.63, 3.8) is 0 Å². The van der Waals surface area contributed by atoms with Crippen molar-refractivity contribution in [2.24, 2.45) is 5.73 Å². The molecule has 0 aliphatic heterocycles. The molecule has 0 atom stereocenters. The Bertz CT molecular complexity index is 503. The zero-order valence-electron chi connectivity index (χ0n) is 10.7. The first kappa shape index (κ1) is 15.1. The lowest BCUT2D eigenvalue weighted by Crippen LogP contribution is -2.32. The Morgan fingerprint density at radius 3 is 2.50 bits per heavy atom. The topological polar surface area (TPSA) is 63.4 Å². The predicted octanol–water partition coefficient (Wildman–Crippen LogP) is 1.71. The molecule has 0 aliphatic carbocycles. The summed E-state index contributed by atoms with van der Waals surface area (Å²) < 4.78 is 39.5. The van der Waals surface area contributed by atoms with Gasteiger partial charge in [0, 0.05) is 19.6 Å². The first-order valence-electron chi connectivity index (χ1n) is 5.96. The van der Waals surface area contributed by atoms with Crippen LogP contribution in [0.4, 0.5) is 4.39 Å². The predicted molar refractivity (Wildman–Crippen MR) is 69.0 cm³/mol. The van der Waals surface area contributed by atoms with Crippen molar-refractivity contribution < 1.29 is 12.8 Å². The highest BCUT2D eigenvalue weighted by atomic mass is 32.2. The Morgan fingerprint density at radius 1 is 1.33 bits per heavy atom. The molecular formula is C12H19FN2O2S. The second kappa shape index (κ2) is 6.26. The second-order valence-corrected chi connectivity index (χ2v) is 5.87. The van der Waals surface area contributed by atoms with E-state index < -0.39 is 15.8 Å². The molecule has 0 amide bonds. The minimum atomic E-state index is -3.77. The van der Waals surface area contributed by atoms with Crippen molar-refractivity contribution in [2.45, 2.75) is 31.7 Å². The third kappa shape index (κ3) is 3.07. The smallest absolute Gasteiger partial charge is 0.245 e.